The highest BCUT2D eigenvalue weighted by Gasteiger charge is 2.52. The van der Waals surface area contributed by atoms with Gasteiger partial charge in [-0.05, 0) is 47.5 Å². The van der Waals surface area contributed by atoms with Gasteiger partial charge in [-0.3, -0.25) is 9.59 Å². The number of carbonyl (C=O) groups excluding carboxylic acids is 3. The lowest BCUT2D eigenvalue weighted by Gasteiger charge is -2.40. The van der Waals surface area contributed by atoms with Gasteiger partial charge in [-0.25, -0.2) is 14.4 Å². The highest BCUT2D eigenvalue weighted by atomic mass is 16.7. The van der Waals surface area contributed by atoms with Crippen molar-refractivity contribution in [3.05, 3.63) is 53.6 Å². The van der Waals surface area contributed by atoms with E-state index in [1.54, 1.807) is 0 Å². The molecule has 4 rings (SSSR count). The average Bonchev–Trinajstić information content (AvgIpc) is 3.15. The molecular formula is C36H40O21. The number of hydrogen-bond donors (Lipinski definition) is 9. The van der Waals surface area contributed by atoms with Gasteiger partial charge >= 0.3 is 29.8 Å². The number of phenols is 2. The molecule has 21 heteroatoms. The predicted molar refractivity (Wildman–Crippen MR) is 185 cm³/mol. The van der Waals surface area contributed by atoms with Gasteiger partial charge < -0.3 is 79.1 Å². The van der Waals surface area contributed by atoms with Crippen LogP contribution in [0.5, 0.6) is 28.7 Å². The van der Waals surface area contributed by atoms with E-state index >= 15 is 0 Å². The molecule has 2 fully saturated rings. The Morgan fingerprint density at radius 3 is 1.95 bits per heavy atom. The quantitative estimate of drug-likeness (QED) is 0.0443. The number of methoxy groups -OCH3 is 2. The molecule has 2 aromatic carbocycles. The van der Waals surface area contributed by atoms with Crippen LogP contribution >= 0.6 is 0 Å². The van der Waals surface area contributed by atoms with Crippen molar-refractivity contribution in [2.24, 2.45) is 0 Å². The molecular weight excluding hydrogens is 768 g/mol. The van der Waals surface area contributed by atoms with Crippen LogP contribution in [0.4, 0.5) is 0 Å². The van der Waals surface area contributed by atoms with E-state index in [-0.39, 0.29) is 28.6 Å². The summed E-state index contributed by atoms with van der Waals surface area (Å²) in [5.74, 6) is -7.72. The molecule has 1 saturated heterocycles. The Kier molecular flexibility index (Phi) is 14.4. The molecule has 0 unspecified atom stereocenters. The first-order valence-electron chi connectivity index (χ1n) is 16.8. The molecule has 1 aliphatic heterocycles. The summed E-state index contributed by atoms with van der Waals surface area (Å²) in [7, 11) is 2.64. The molecule has 0 amide bonds. The van der Waals surface area contributed by atoms with Crippen LogP contribution < -0.4 is 14.2 Å². The molecule has 0 radical (unpaired) electrons. The minimum atomic E-state index is -2.62. The second-order valence-corrected chi connectivity index (χ2v) is 12.7. The van der Waals surface area contributed by atoms with Gasteiger partial charge in [-0.2, -0.15) is 0 Å². The number of aliphatic hydroxyl groups excluding tert-OH is 4. The van der Waals surface area contributed by atoms with Gasteiger partial charge in [0.05, 0.1) is 14.2 Å². The van der Waals surface area contributed by atoms with Gasteiger partial charge in [0.1, 0.15) is 55.8 Å². The average molecular weight is 809 g/mol. The first-order chi connectivity index (χ1) is 26.8. The highest BCUT2D eigenvalue weighted by molar-refractivity contribution is 5.90. The van der Waals surface area contributed by atoms with Crippen LogP contribution in [0.15, 0.2) is 42.5 Å². The molecule has 9 N–H and O–H groups in total. The Labute approximate surface area is 322 Å². The number of esters is 3. The Morgan fingerprint density at radius 2 is 1.37 bits per heavy atom. The summed E-state index contributed by atoms with van der Waals surface area (Å²) < 4.78 is 36.3. The van der Waals surface area contributed by atoms with Gasteiger partial charge in [-0.15, -0.1) is 0 Å². The van der Waals surface area contributed by atoms with Crippen molar-refractivity contribution in [1.82, 2.24) is 0 Å². The van der Waals surface area contributed by atoms with Crippen LogP contribution in [0.25, 0.3) is 12.2 Å². The summed E-state index contributed by atoms with van der Waals surface area (Å²) in [4.78, 5) is 59.4. The molecule has 1 saturated carbocycles. The van der Waals surface area contributed by atoms with E-state index in [0.717, 1.165) is 24.3 Å². The van der Waals surface area contributed by atoms with Crippen LogP contribution in [0, 0.1) is 0 Å². The van der Waals surface area contributed by atoms with Crippen molar-refractivity contribution < 1.29 is 103 Å². The van der Waals surface area contributed by atoms with E-state index in [0.29, 0.717) is 5.56 Å². The number of phenolic OH excluding ortho intramolecular Hbond substituents is 2. The SMILES string of the molecule is COc1cc(/C=C/C(=O)OC[C@H]2O[C@@H](Oc3ccc(/C=C/C(=O)O[C@@H]4C[C@](O)(C(=O)O)C[C@@H](OC(=O)CC(=O)O)[C@H]4O)cc3O)[C@H](O)[C@@H](O)[C@@H]2O)cc(OC)c1O. The molecule has 0 spiro atoms. The lowest BCUT2D eigenvalue weighted by Crippen LogP contribution is -2.60. The van der Waals surface area contributed by atoms with Crippen molar-refractivity contribution in [2.75, 3.05) is 20.8 Å². The van der Waals surface area contributed by atoms with E-state index in [1.165, 1.54) is 44.6 Å². The van der Waals surface area contributed by atoms with Gasteiger partial charge in [0.25, 0.3) is 0 Å². The number of aliphatic hydroxyl groups is 5. The van der Waals surface area contributed by atoms with Crippen molar-refractivity contribution in [3.8, 4) is 28.7 Å². The molecule has 1 aliphatic carbocycles. The highest BCUT2D eigenvalue weighted by Crippen LogP contribution is 2.38. The fourth-order valence-electron chi connectivity index (χ4n) is 5.72. The van der Waals surface area contributed by atoms with E-state index in [9.17, 15) is 64.8 Å². The van der Waals surface area contributed by atoms with Crippen LogP contribution in [0.2, 0.25) is 0 Å². The van der Waals surface area contributed by atoms with Crippen molar-refractivity contribution in [1.29, 1.82) is 0 Å². The van der Waals surface area contributed by atoms with Crippen LogP contribution in [0.3, 0.4) is 0 Å². The molecule has 21 nitrogen and oxygen atoms in total. The Bertz CT molecular complexity index is 1850. The van der Waals surface area contributed by atoms with Crippen molar-refractivity contribution in [2.45, 2.75) is 73.9 Å². The van der Waals surface area contributed by atoms with E-state index < -0.39 is 116 Å². The lowest BCUT2D eigenvalue weighted by molar-refractivity contribution is -0.278. The van der Waals surface area contributed by atoms with Crippen LogP contribution in [-0.2, 0) is 42.9 Å². The van der Waals surface area contributed by atoms with Crippen molar-refractivity contribution >= 4 is 42.0 Å². The number of aromatic hydroxyl groups is 2. The number of carboxylic acid groups (broad SMARTS) is 2. The largest absolute Gasteiger partial charge is 0.504 e. The predicted octanol–water partition coefficient (Wildman–Crippen LogP) is -1.16. The van der Waals surface area contributed by atoms with Gasteiger partial charge in [0, 0.05) is 25.0 Å². The van der Waals surface area contributed by atoms with Crippen LogP contribution in [0.1, 0.15) is 30.4 Å². The maximum Gasteiger partial charge on any atom is 0.335 e. The lowest BCUT2D eigenvalue weighted by atomic mass is 9.79. The number of benzene rings is 2. The number of rotatable bonds is 15. The molecule has 0 bridgehead atoms. The zero-order valence-corrected chi connectivity index (χ0v) is 30.1. The Morgan fingerprint density at radius 1 is 0.772 bits per heavy atom. The van der Waals surface area contributed by atoms with E-state index in [4.69, 9.17) is 38.3 Å². The smallest absolute Gasteiger partial charge is 0.335 e. The number of aliphatic carboxylic acids is 2. The zero-order chi connectivity index (χ0) is 42.2. The molecule has 57 heavy (non-hydrogen) atoms. The molecule has 2 aromatic rings. The number of carbonyl (C=O) groups is 5. The summed E-state index contributed by atoms with van der Waals surface area (Å²) in [6.07, 6.45) is -12.3. The first kappa shape index (κ1) is 43.8. The van der Waals surface area contributed by atoms with E-state index in [1.807, 2.05) is 0 Å². The normalized spacial score (nSPS) is 27.4. The second kappa shape index (κ2) is 18.8. The third-order valence-electron chi connectivity index (χ3n) is 8.69. The summed E-state index contributed by atoms with van der Waals surface area (Å²) in [5, 5.41) is 91.5. The maximum absolute atomic E-state index is 12.6. The molecule has 1 heterocycles. The van der Waals surface area contributed by atoms with Crippen LogP contribution in [-0.4, -0.2) is 151 Å². The molecule has 0 aromatic heterocycles. The monoisotopic (exact) mass is 808 g/mol. The molecule has 2 aliphatic rings. The first-order valence-corrected chi connectivity index (χ1v) is 16.8. The summed E-state index contributed by atoms with van der Waals surface area (Å²) in [6, 6.07) is 6.41. The number of hydrogen-bond acceptors (Lipinski definition) is 19. The topological polar surface area (TPSA) is 332 Å². The third kappa shape index (κ3) is 11.1. The fourth-order valence-corrected chi connectivity index (χ4v) is 5.72. The summed E-state index contributed by atoms with van der Waals surface area (Å²) >= 11 is 0. The van der Waals surface area contributed by atoms with Gasteiger partial charge in [0.2, 0.25) is 12.0 Å². The maximum atomic E-state index is 12.6. The minimum Gasteiger partial charge on any atom is -0.504 e. The third-order valence-corrected chi connectivity index (χ3v) is 8.69. The number of ether oxygens (including phenoxy) is 7. The zero-order valence-electron chi connectivity index (χ0n) is 30.1. The van der Waals surface area contributed by atoms with Gasteiger partial charge in [0.15, 0.2) is 28.6 Å². The minimum absolute atomic E-state index is 0.0777. The molecule has 310 valence electrons. The Hall–Kier alpha value is -5.97. The molecule has 9 atom stereocenters. The summed E-state index contributed by atoms with van der Waals surface area (Å²) in [6.45, 7) is -0.619. The number of carboxylic acids is 2. The Balaban J connectivity index is 1.36. The van der Waals surface area contributed by atoms with E-state index in [2.05, 4.69) is 0 Å². The summed E-state index contributed by atoms with van der Waals surface area (Å²) in [5.41, 5.74) is -2.08. The van der Waals surface area contributed by atoms with Crippen molar-refractivity contribution in [3.63, 3.8) is 0 Å². The van der Waals surface area contributed by atoms with Gasteiger partial charge in [-0.1, -0.05) is 6.07 Å². The fraction of sp³-hybridized carbons (Fsp3) is 0.417. The second-order valence-electron chi connectivity index (χ2n) is 12.7. The standard InChI is InChI=1S/C36H40O21/c1-51-20-10-17(11-21(52-2)29(20)43)5-7-26(40)53-15-24-31(45)32(46)33(47)34(57-24)56-19-6-3-16(9-18(19)37)4-8-27(41)54-22-13-36(50,35(48)49)14-23(30(22)44)55-28(42)12-25(38)39/h3-11,22-24,30-34,37,43-47,50H,12-15H2,1-2H3,(H,38,39)(H,48,49)/b7-5+,8-4+/t22-,23-,24-,30+,31-,32+,33-,34-,36-/m1/s1.